The van der Waals surface area contributed by atoms with Crippen molar-refractivity contribution in [2.45, 2.75) is 12.8 Å². The van der Waals surface area contributed by atoms with E-state index in [0.717, 1.165) is 11.1 Å². The summed E-state index contributed by atoms with van der Waals surface area (Å²) in [4.78, 5) is 26.8. The average Bonchev–Trinajstić information content (AvgIpc) is 3.12. The number of carbonyl (C=O) groups is 2. The summed E-state index contributed by atoms with van der Waals surface area (Å²) < 4.78 is 5.67. The van der Waals surface area contributed by atoms with E-state index in [0.29, 0.717) is 37.3 Å². The molecule has 132 valence electrons. The number of para-hydroxylation sites is 2. The predicted octanol–water partition coefficient (Wildman–Crippen LogP) is 3.92. The number of amides is 2. The van der Waals surface area contributed by atoms with Gasteiger partial charge < -0.3 is 14.6 Å². The highest BCUT2D eigenvalue weighted by molar-refractivity contribution is 5.96. The van der Waals surface area contributed by atoms with Crippen LogP contribution in [0.5, 0.6) is 0 Å². The van der Waals surface area contributed by atoms with Crippen LogP contribution in [-0.4, -0.2) is 29.8 Å². The molecular weight excluding hydrogens is 328 g/mol. The molecule has 1 fully saturated rings. The SMILES string of the molecule is O=C(Nc1ccccc1)C1CCN(C(=O)c2cc3ccccc3o2)CC1. The fourth-order valence-electron chi connectivity index (χ4n) is 3.35. The first-order chi connectivity index (χ1) is 12.7. The van der Waals surface area contributed by atoms with Crippen LogP contribution < -0.4 is 5.32 Å². The minimum Gasteiger partial charge on any atom is -0.451 e. The van der Waals surface area contributed by atoms with Crippen LogP contribution in [0.15, 0.2) is 65.1 Å². The van der Waals surface area contributed by atoms with E-state index in [4.69, 9.17) is 4.42 Å². The van der Waals surface area contributed by atoms with Gasteiger partial charge in [-0.1, -0.05) is 36.4 Å². The van der Waals surface area contributed by atoms with Gasteiger partial charge in [0, 0.05) is 30.1 Å². The molecule has 1 saturated heterocycles. The molecule has 4 rings (SSSR count). The van der Waals surface area contributed by atoms with Crippen molar-refractivity contribution in [3.63, 3.8) is 0 Å². The Morgan fingerprint density at radius 1 is 0.962 bits per heavy atom. The quantitative estimate of drug-likeness (QED) is 0.780. The molecule has 0 bridgehead atoms. The Balaban J connectivity index is 1.37. The molecular formula is C21H20N2O3. The van der Waals surface area contributed by atoms with Gasteiger partial charge in [-0.25, -0.2) is 0 Å². The standard InChI is InChI=1S/C21H20N2O3/c24-20(22-17-7-2-1-3-8-17)15-10-12-23(13-11-15)21(25)19-14-16-6-4-5-9-18(16)26-19/h1-9,14-15H,10-13H2,(H,22,24). The van der Waals surface area contributed by atoms with Crippen LogP contribution in [0.2, 0.25) is 0 Å². The van der Waals surface area contributed by atoms with Crippen LogP contribution in [0.1, 0.15) is 23.4 Å². The van der Waals surface area contributed by atoms with Crippen LogP contribution >= 0.6 is 0 Å². The van der Waals surface area contributed by atoms with E-state index in [1.807, 2.05) is 54.6 Å². The van der Waals surface area contributed by atoms with Crippen molar-refractivity contribution in [1.82, 2.24) is 4.90 Å². The fraction of sp³-hybridized carbons (Fsp3) is 0.238. The van der Waals surface area contributed by atoms with Gasteiger partial charge >= 0.3 is 0 Å². The maximum Gasteiger partial charge on any atom is 0.289 e. The van der Waals surface area contributed by atoms with Crippen LogP contribution in [0.4, 0.5) is 5.69 Å². The summed E-state index contributed by atoms with van der Waals surface area (Å²) in [5.41, 5.74) is 1.52. The van der Waals surface area contributed by atoms with Crippen LogP contribution in [-0.2, 0) is 4.79 Å². The molecule has 0 aliphatic carbocycles. The molecule has 26 heavy (non-hydrogen) atoms. The highest BCUT2D eigenvalue weighted by Gasteiger charge is 2.29. The maximum absolute atomic E-state index is 12.7. The molecule has 0 unspecified atom stereocenters. The van der Waals surface area contributed by atoms with Crippen molar-refractivity contribution in [3.05, 3.63) is 66.4 Å². The number of rotatable bonds is 3. The van der Waals surface area contributed by atoms with E-state index in [-0.39, 0.29) is 17.7 Å². The van der Waals surface area contributed by atoms with Crippen molar-refractivity contribution in [3.8, 4) is 0 Å². The third-order valence-electron chi connectivity index (χ3n) is 4.83. The molecule has 1 aliphatic rings. The van der Waals surface area contributed by atoms with Gasteiger partial charge in [-0.15, -0.1) is 0 Å². The molecule has 2 aromatic carbocycles. The van der Waals surface area contributed by atoms with Crippen molar-refractivity contribution < 1.29 is 14.0 Å². The second kappa shape index (κ2) is 7.04. The Morgan fingerprint density at radius 3 is 2.38 bits per heavy atom. The first-order valence-electron chi connectivity index (χ1n) is 8.84. The van der Waals surface area contributed by atoms with E-state index < -0.39 is 0 Å². The number of furan rings is 1. The Kier molecular flexibility index (Phi) is 4.44. The van der Waals surface area contributed by atoms with Gasteiger partial charge in [0.25, 0.3) is 5.91 Å². The van der Waals surface area contributed by atoms with Gasteiger partial charge in [0.2, 0.25) is 5.91 Å². The molecule has 1 N–H and O–H groups in total. The number of piperidine rings is 1. The third kappa shape index (κ3) is 3.33. The molecule has 0 atom stereocenters. The second-order valence-corrected chi connectivity index (χ2v) is 6.57. The highest BCUT2D eigenvalue weighted by Crippen LogP contribution is 2.24. The molecule has 0 saturated carbocycles. The van der Waals surface area contributed by atoms with Gasteiger partial charge in [-0.2, -0.15) is 0 Å². The van der Waals surface area contributed by atoms with Gasteiger partial charge in [0.1, 0.15) is 5.58 Å². The normalized spacial score (nSPS) is 15.2. The second-order valence-electron chi connectivity index (χ2n) is 6.57. The number of hydrogen-bond acceptors (Lipinski definition) is 3. The summed E-state index contributed by atoms with van der Waals surface area (Å²) >= 11 is 0. The Bertz CT molecular complexity index is 892. The fourth-order valence-corrected chi connectivity index (χ4v) is 3.35. The van der Waals surface area contributed by atoms with Crippen LogP contribution in [0.25, 0.3) is 11.0 Å². The lowest BCUT2D eigenvalue weighted by molar-refractivity contribution is -0.121. The van der Waals surface area contributed by atoms with E-state index in [1.165, 1.54) is 0 Å². The lowest BCUT2D eigenvalue weighted by Gasteiger charge is -2.30. The van der Waals surface area contributed by atoms with Gasteiger partial charge in [0.05, 0.1) is 0 Å². The topological polar surface area (TPSA) is 62.6 Å². The average molecular weight is 348 g/mol. The summed E-state index contributed by atoms with van der Waals surface area (Å²) in [5.74, 6) is 0.198. The highest BCUT2D eigenvalue weighted by atomic mass is 16.3. The zero-order valence-corrected chi connectivity index (χ0v) is 14.4. The molecule has 1 aromatic heterocycles. The number of fused-ring (bicyclic) bond motifs is 1. The molecule has 2 amide bonds. The molecule has 5 nitrogen and oxygen atoms in total. The van der Waals surface area contributed by atoms with Crippen molar-refractivity contribution in [1.29, 1.82) is 0 Å². The predicted molar refractivity (Wildman–Crippen MR) is 99.9 cm³/mol. The summed E-state index contributed by atoms with van der Waals surface area (Å²) in [6.45, 7) is 1.12. The minimum absolute atomic E-state index is 0.0204. The number of anilines is 1. The Morgan fingerprint density at radius 2 is 1.65 bits per heavy atom. The van der Waals surface area contributed by atoms with Gasteiger partial charge in [-0.05, 0) is 37.1 Å². The molecule has 1 aliphatic heterocycles. The lowest BCUT2D eigenvalue weighted by Crippen LogP contribution is -2.41. The van der Waals surface area contributed by atoms with Gasteiger partial charge in [0.15, 0.2) is 5.76 Å². The molecule has 0 spiro atoms. The van der Waals surface area contributed by atoms with E-state index in [9.17, 15) is 9.59 Å². The molecule has 5 heteroatoms. The summed E-state index contributed by atoms with van der Waals surface area (Å²) in [5, 5.41) is 3.87. The zero-order chi connectivity index (χ0) is 17.9. The van der Waals surface area contributed by atoms with E-state index >= 15 is 0 Å². The number of nitrogens with one attached hydrogen (secondary N) is 1. The lowest BCUT2D eigenvalue weighted by atomic mass is 9.95. The van der Waals surface area contributed by atoms with Gasteiger partial charge in [-0.3, -0.25) is 9.59 Å². The number of hydrogen-bond donors (Lipinski definition) is 1. The molecule has 3 aromatic rings. The molecule has 2 heterocycles. The van der Waals surface area contributed by atoms with Crippen LogP contribution in [0, 0.1) is 5.92 Å². The first-order valence-corrected chi connectivity index (χ1v) is 8.84. The zero-order valence-electron chi connectivity index (χ0n) is 14.4. The first kappa shape index (κ1) is 16.4. The van der Waals surface area contributed by atoms with Crippen LogP contribution in [0.3, 0.4) is 0 Å². The number of nitrogens with zero attached hydrogens (tertiary/aromatic N) is 1. The van der Waals surface area contributed by atoms with E-state index in [1.54, 1.807) is 11.0 Å². The monoisotopic (exact) mass is 348 g/mol. The minimum atomic E-state index is -0.108. The summed E-state index contributed by atoms with van der Waals surface area (Å²) in [6, 6.07) is 18.8. The maximum atomic E-state index is 12.7. The van der Waals surface area contributed by atoms with Crippen molar-refractivity contribution in [2.75, 3.05) is 18.4 Å². The Hall–Kier alpha value is -3.08. The number of benzene rings is 2. The third-order valence-corrected chi connectivity index (χ3v) is 4.83. The van der Waals surface area contributed by atoms with E-state index in [2.05, 4.69) is 5.32 Å². The van der Waals surface area contributed by atoms with Crippen molar-refractivity contribution in [2.24, 2.45) is 5.92 Å². The smallest absolute Gasteiger partial charge is 0.289 e. The summed E-state index contributed by atoms with van der Waals surface area (Å²) in [6.07, 6.45) is 1.31. The number of carbonyl (C=O) groups excluding carboxylic acids is 2. The number of likely N-dealkylation sites (tertiary alicyclic amines) is 1. The van der Waals surface area contributed by atoms with Crippen molar-refractivity contribution >= 4 is 28.5 Å². The largest absolute Gasteiger partial charge is 0.451 e. The Labute approximate surface area is 151 Å². The summed E-state index contributed by atoms with van der Waals surface area (Å²) in [7, 11) is 0. The molecule has 0 radical (unpaired) electrons.